The molecular weight excluding hydrogens is 323 g/mol. The van der Waals surface area contributed by atoms with Gasteiger partial charge in [0.2, 0.25) is 0 Å². The lowest BCUT2D eigenvalue weighted by Crippen LogP contribution is -2.20. The number of nitrogens with zero attached hydrogens (tertiary/aromatic N) is 2. The van der Waals surface area contributed by atoms with Crippen LogP contribution in [-0.2, 0) is 13.6 Å². The molecule has 0 unspecified atom stereocenters. The Balaban J connectivity index is 2.36. The van der Waals surface area contributed by atoms with E-state index in [9.17, 15) is 4.57 Å². The minimum Gasteiger partial charge on any atom is -0.372 e. The molecule has 1 aliphatic rings. The molecule has 1 aromatic carbocycles. The minimum atomic E-state index is -3.18. The third-order valence-electron chi connectivity index (χ3n) is 3.42. The van der Waals surface area contributed by atoms with Crippen molar-refractivity contribution >= 4 is 30.6 Å². The molecule has 0 aliphatic carbocycles. The predicted molar refractivity (Wildman–Crippen MR) is 91.9 cm³/mol. The largest absolute Gasteiger partial charge is 0.372 e. The molecule has 1 aromatic rings. The van der Waals surface area contributed by atoms with Gasteiger partial charge in [-0.1, -0.05) is 11.6 Å². The zero-order chi connectivity index (χ0) is 16.2. The Labute approximate surface area is 136 Å². The number of hydrogen-bond donors (Lipinski definition) is 0. The van der Waals surface area contributed by atoms with Crippen molar-refractivity contribution in [1.82, 2.24) is 0 Å². The lowest BCUT2D eigenvalue weighted by atomic mass is 10.1. The Kier molecular flexibility index (Phi) is 6.04. The van der Waals surface area contributed by atoms with Gasteiger partial charge in [0.25, 0.3) is 0 Å². The van der Waals surface area contributed by atoms with E-state index < -0.39 is 7.60 Å². The standard InChI is InChI=1S/C15H22ClN2O3P/c1-4-20-22(19,21-5-2)11-14-13-7-6-12(16)10-15(13)18(3)9-8-17-14/h6-7,10H,4-5,8-9,11H2,1-3H3. The summed E-state index contributed by atoms with van der Waals surface area (Å²) >= 11 is 6.10. The molecule has 0 spiro atoms. The average molecular weight is 345 g/mol. The van der Waals surface area contributed by atoms with E-state index in [2.05, 4.69) is 9.89 Å². The van der Waals surface area contributed by atoms with Gasteiger partial charge in [-0.3, -0.25) is 9.56 Å². The summed E-state index contributed by atoms with van der Waals surface area (Å²) in [5.41, 5.74) is 2.67. The lowest BCUT2D eigenvalue weighted by Gasteiger charge is -2.21. The van der Waals surface area contributed by atoms with Gasteiger partial charge in [0.05, 0.1) is 31.6 Å². The normalized spacial score (nSPS) is 15.3. The van der Waals surface area contributed by atoms with Gasteiger partial charge in [-0.2, -0.15) is 0 Å². The van der Waals surface area contributed by atoms with E-state index in [4.69, 9.17) is 20.6 Å². The fourth-order valence-electron chi connectivity index (χ4n) is 2.45. The second kappa shape index (κ2) is 7.60. The number of likely N-dealkylation sites (N-methyl/N-ethyl adjacent to an activating group) is 1. The Hall–Kier alpha value is -0.870. The van der Waals surface area contributed by atoms with Crippen molar-refractivity contribution in [2.24, 2.45) is 4.99 Å². The first kappa shape index (κ1) is 17.5. The summed E-state index contributed by atoms with van der Waals surface area (Å²) in [5, 5.41) is 0.671. The van der Waals surface area contributed by atoms with Gasteiger partial charge in [0.1, 0.15) is 0 Å². The molecule has 7 heteroatoms. The molecule has 0 radical (unpaired) electrons. The van der Waals surface area contributed by atoms with Crippen LogP contribution in [0.4, 0.5) is 5.69 Å². The van der Waals surface area contributed by atoms with Gasteiger partial charge >= 0.3 is 7.60 Å². The second-order valence-corrected chi connectivity index (χ2v) is 7.51. The molecule has 0 saturated heterocycles. The Morgan fingerprint density at radius 3 is 2.64 bits per heavy atom. The van der Waals surface area contributed by atoms with Crippen molar-refractivity contribution in [1.29, 1.82) is 0 Å². The third-order valence-corrected chi connectivity index (χ3v) is 5.64. The van der Waals surface area contributed by atoms with Crippen LogP contribution in [0.5, 0.6) is 0 Å². The fourth-order valence-corrected chi connectivity index (χ4v) is 4.29. The van der Waals surface area contributed by atoms with Crippen molar-refractivity contribution in [3.63, 3.8) is 0 Å². The van der Waals surface area contributed by atoms with Crippen LogP contribution >= 0.6 is 19.2 Å². The number of halogens is 1. The first-order valence-electron chi connectivity index (χ1n) is 7.41. The first-order chi connectivity index (χ1) is 10.5. The molecule has 0 saturated carbocycles. The molecule has 0 fully saturated rings. The number of benzene rings is 1. The van der Waals surface area contributed by atoms with E-state index in [-0.39, 0.29) is 6.16 Å². The number of aliphatic imine (C=N–C) groups is 1. The van der Waals surface area contributed by atoms with Crippen LogP contribution in [0.1, 0.15) is 19.4 Å². The molecule has 1 heterocycles. The van der Waals surface area contributed by atoms with Gasteiger partial charge < -0.3 is 13.9 Å². The summed E-state index contributed by atoms with van der Waals surface area (Å²) in [6, 6.07) is 5.64. The molecule has 2 rings (SSSR count). The van der Waals surface area contributed by atoms with E-state index in [0.29, 0.717) is 24.8 Å². The summed E-state index contributed by atoms with van der Waals surface area (Å²) in [6.45, 7) is 5.72. The van der Waals surface area contributed by atoms with Crippen LogP contribution in [0.15, 0.2) is 23.2 Å². The zero-order valence-corrected chi connectivity index (χ0v) is 14.9. The maximum absolute atomic E-state index is 12.8. The lowest BCUT2D eigenvalue weighted by molar-refractivity contribution is 0.223. The number of benzodiazepines with no additional fused rings is 1. The highest BCUT2D eigenvalue weighted by molar-refractivity contribution is 7.55. The Morgan fingerprint density at radius 2 is 2.00 bits per heavy atom. The fraction of sp³-hybridized carbons (Fsp3) is 0.533. The number of hydrogen-bond acceptors (Lipinski definition) is 5. The zero-order valence-electron chi connectivity index (χ0n) is 13.2. The van der Waals surface area contributed by atoms with Gasteiger partial charge in [-0.05, 0) is 32.0 Å². The summed E-state index contributed by atoms with van der Waals surface area (Å²) in [4.78, 5) is 6.69. The van der Waals surface area contributed by atoms with Crippen LogP contribution in [0.3, 0.4) is 0 Å². The molecule has 0 atom stereocenters. The molecular formula is C15H22ClN2O3P. The minimum absolute atomic E-state index is 0.178. The van der Waals surface area contributed by atoms with E-state index in [1.165, 1.54) is 0 Å². The van der Waals surface area contributed by atoms with Crippen molar-refractivity contribution in [2.45, 2.75) is 13.8 Å². The molecule has 22 heavy (non-hydrogen) atoms. The highest BCUT2D eigenvalue weighted by Gasteiger charge is 2.29. The van der Waals surface area contributed by atoms with Gasteiger partial charge in [-0.25, -0.2) is 0 Å². The van der Waals surface area contributed by atoms with Gasteiger partial charge in [-0.15, -0.1) is 0 Å². The second-order valence-electron chi connectivity index (χ2n) is 5.02. The molecule has 122 valence electrons. The van der Waals surface area contributed by atoms with Crippen molar-refractivity contribution < 1.29 is 13.6 Å². The topological polar surface area (TPSA) is 51.1 Å². The summed E-state index contributed by atoms with van der Waals surface area (Å²) in [7, 11) is -1.18. The van der Waals surface area contributed by atoms with Crippen LogP contribution < -0.4 is 4.90 Å². The molecule has 0 N–H and O–H groups in total. The predicted octanol–water partition coefficient (Wildman–Crippen LogP) is 3.85. The van der Waals surface area contributed by atoms with Crippen LogP contribution in [0.25, 0.3) is 0 Å². The van der Waals surface area contributed by atoms with Crippen molar-refractivity contribution in [3.8, 4) is 0 Å². The van der Waals surface area contributed by atoms with Crippen molar-refractivity contribution in [2.75, 3.05) is 44.4 Å². The third kappa shape index (κ3) is 4.11. The Bertz CT molecular complexity index is 596. The van der Waals surface area contributed by atoms with E-state index in [1.54, 1.807) is 0 Å². The average Bonchev–Trinajstić information content (AvgIpc) is 2.59. The van der Waals surface area contributed by atoms with Gasteiger partial charge in [0.15, 0.2) is 0 Å². The molecule has 0 bridgehead atoms. The van der Waals surface area contributed by atoms with Crippen LogP contribution in [0.2, 0.25) is 5.02 Å². The molecule has 0 amide bonds. The maximum atomic E-state index is 12.8. The monoisotopic (exact) mass is 344 g/mol. The summed E-state index contributed by atoms with van der Waals surface area (Å²) < 4.78 is 23.6. The van der Waals surface area contributed by atoms with Crippen molar-refractivity contribution in [3.05, 3.63) is 28.8 Å². The van der Waals surface area contributed by atoms with E-state index >= 15 is 0 Å². The summed E-state index contributed by atoms with van der Waals surface area (Å²) in [6.07, 6.45) is 0.178. The molecule has 5 nitrogen and oxygen atoms in total. The molecule has 1 aliphatic heterocycles. The summed E-state index contributed by atoms with van der Waals surface area (Å²) in [5.74, 6) is 0. The SMILES string of the molecule is CCOP(=O)(CC1=NCCN(C)c2cc(Cl)ccc21)OCC. The smallest absolute Gasteiger partial charge is 0.336 e. The quantitative estimate of drug-likeness (QED) is 0.736. The number of rotatable bonds is 6. The van der Waals surface area contributed by atoms with E-state index in [0.717, 1.165) is 23.5 Å². The highest BCUT2D eigenvalue weighted by atomic mass is 35.5. The highest BCUT2D eigenvalue weighted by Crippen LogP contribution is 2.49. The first-order valence-corrected chi connectivity index (χ1v) is 9.52. The van der Waals surface area contributed by atoms with Gasteiger partial charge in [0, 0.05) is 29.9 Å². The Morgan fingerprint density at radius 1 is 1.32 bits per heavy atom. The van der Waals surface area contributed by atoms with E-state index in [1.807, 2.05) is 39.1 Å². The maximum Gasteiger partial charge on any atom is 0.336 e. The number of fused-ring (bicyclic) bond motifs is 1. The van der Waals surface area contributed by atoms with Crippen LogP contribution in [0, 0.1) is 0 Å². The molecule has 0 aromatic heterocycles. The van der Waals surface area contributed by atoms with Crippen LogP contribution in [-0.4, -0.2) is 45.2 Å². The number of anilines is 1.